The summed E-state index contributed by atoms with van der Waals surface area (Å²) in [6.45, 7) is 3.14. The minimum Gasteiger partial charge on any atom is -0.469 e. The van der Waals surface area contributed by atoms with Crippen molar-refractivity contribution in [2.24, 2.45) is 11.8 Å². The molecular formula is C12H22O3. The zero-order valence-corrected chi connectivity index (χ0v) is 9.83. The van der Waals surface area contributed by atoms with E-state index in [4.69, 9.17) is 9.47 Å². The molecule has 1 rings (SSSR count). The highest BCUT2D eigenvalue weighted by atomic mass is 16.5. The fourth-order valence-electron chi connectivity index (χ4n) is 2.33. The average Bonchev–Trinajstić information content (AvgIpc) is 2.30. The molecule has 3 heteroatoms. The van der Waals surface area contributed by atoms with E-state index < -0.39 is 0 Å². The van der Waals surface area contributed by atoms with Crippen LogP contribution in [-0.2, 0) is 14.3 Å². The molecule has 1 aliphatic carbocycles. The molecule has 1 unspecified atom stereocenters. The first kappa shape index (κ1) is 12.5. The molecule has 3 nitrogen and oxygen atoms in total. The largest absolute Gasteiger partial charge is 0.469 e. The molecule has 0 heterocycles. The molecule has 0 bridgehead atoms. The number of hydrogen-bond acceptors (Lipinski definition) is 3. The third-order valence-corrected chi connectivity index (χ3v) is 3.22. The second kappa shape index (κ2) is 6.83. The monoisotopic (exact) mass is 214 g/mol. The Labute approximate surface area is 92.1 Å². The molecule has 0 aromatic carbocycles. The molecule has 88 valence electrons. The van der Waals surface area contributed by atoms with Crippen LogP contribution < -0.4 is 0 Å². The van der Waals surface area contributed by atoms with Crippen molar-refractivity contribution in [2.75, 3.05) is 20.3 Å². The van der Waals surface area contributed by atoms with Gasteiger partial charge in [0.15, 0.2) is 0 Å². The summed E-state index contributed by atoms with van der Waals surface area (Å²) in [6, 6.07) is 0. The quantitative estimate of drug-likeness (QED) is 0.659. The van der Waals surface area contributed by atoms with Crippen LogP contribution in [0.5, 0.6) is 0 Å². The van der Waals surface area contributed by atoms with Crippen molar-refractivity contribution in [3.05, 3.63) is 0 Å². The van der Waals surface area contributed by atoms with E-state index in [2.05, 4.69) is 0 Å². The van der Waals surface area contributed by atoms with Crippen LogP contribution in [-0.4, -0.2) is 26.3 Å². The Balaban J connectivity index is 2.49. The SMILES string of the molecule is CCOCC(C(=O)OC)C1CCCCC1. The molecule has 0 radical (unpaired) electrons. The number of hydrogen-bond donors (Lipinski definition) is 0. The van der Waals surface area contributed by atoms with E-state index in [0.717, 1.165) is 12.8 Å². The standard InChI is InChI=1S/C12H22O3/c1-3-15-9-11(12(13)14-2)10-7-5-4-6-8-10/h10-11H,3-9H2,1-2H3. The lowest BCUT2D eigenvalue weighted by atomic mass is 9.80. The Kier molecular flexibility index (Phi) is 5.69. The lowest BCUT2D eigenvalue weighted by molar-refractivity contribution is -0.150. The normalized spacial score (nSPS) is 19.9. The molecule has 0 aliphatic heterocycles. The van der Waals surface area contributed by atoms with Crippen LogP contribution in [0.25, 0.3) is 0 Å². The van der Waals surface area contributed by atoms with Crippen LogP contribution in [0.4, 0.5) is 0 Å². The Morgan fingerprint density at radius 1 is 1.33 bits per heavy atom. The van der Waals surface area contributed by atoms with Gasteiger partial charge in [-0.3, -0.25) is 4.79 Å². The van der Waals surface area contributed by atoms with Crippen LogP contribution >= 0.6 is 0 Å². The molecular weight excluding hydrogens is 192 g/mol. The van der Waals surface area contributed by atoms with Crippen molar-refractivity contribution in [2.45, 2.75) is 39.0 Å². The molecule has 0 amide bonds. The van der Waals surface area contributed by atoms with Crippen LogP contribution in [0.2, 0.25) is 0 Å². The highest BCUT2D eigenvalue weighted by Crippen LogP contribution is 2.30. The maximum Gasteiger partial charge on any atom is 0.311 e. The smallest absolute Gasteiger partial charge is 0.311 e. The topological polar surface area (TPSA) is 35.5 Å². The number of ether oxygens (including phenoxy) is 2. The first-order valence-corrected chi connectivity index (χ1v) is 5.95. The van der Waals surface area contributed by atoms with E-state index in [1.165, 1.54) is 26.4 Å². The highest BCUT2D eigenvalue weighted by Gasteiger charge is 2.30. The lowest BCUT2D eigenvalue weighted by Gasteiger charge is -2.28. The van der Waals surface area contributed by atoms with Crippen molar-refractivity contribution < 1.29 is 14.3 Å². The van der Waals surface area contributed by atoms with Gasteiger partial charge in [-0.05, 0) is 25.7 Å². The second-order valence-corrected chi connectivity index (χ2v) is 4.19. The van der Waals surface area contributed by atoms with Gasteiger partial charge in [-0.1, -0.05) is 19.3 Å². The lowest BCUT2D eigenvalue weighted by Crippen LogP contribution is -2.30. The summed E-state index contributed by atoms with van der Waals surface area (Å²) in [5, 5.41) is 0. The van der Waals surface area contributed by atoms with E-state index >= 15 is 0 Å². The van der Waals surface area contributed by atoms with E-state index in [1.807, 2.05) is 6.92 Å². The van der Waals surface area contributed by atoms with Gasteiger partial charge in [0.1, 0.15) is 0 Å². The third kappa shape index (κ3) is 3.82. The average molecular weight is 214 g/mol. The fourth-order valence-corrected chi connectivity index (χ4v) is 2.33. The van der Waals surface area contributed by atoms with Crippen molar-refractivity contribution in [3.63, 3.8) is 0 Å². The van der Waals surface area contributed by atoms with Crippen molar-refractivity contribution in [1.82, 2.24) is 0 Å². The van der Waals surface area contributed by atoms with E-state index in [-0.39, 0.29) is 11.9 Å². The first-order chi connectivity index (χ1) is 7.29. The van der Waals surface area contributed by atoms with Crippen LogP contribution in [0, 0.1) is 11.8 Å². The maximum atomic E-state index is 11.6. The molecule has 1 fully saturated rings. The fraction of sp³-hybridized carbons (Fsp3) is 0.917. The molecule has 0 spiro atoms. The van der Waals surface area contributed by atoms with Gasteiger partial charge in [0, 0.05) is 6.61 Å². The number of esters is 1. The van der Waals surface area contributed by atoms with Crippen LogP contribution in [0.15, 0.2) is 0 Å². The predicted molar refractivity (Wildman–Crippen MR) is 58.6 cm³/mol. The molecule has 0 aromatic rings. The minimum atomic E-state index is -0.102. The summed E-state index contributed by atoms with van der Waals surface area (Å²) in [5.41, 5.74) is 0. The molecule has 1 saturated carbocycles. The summed E-state index contributed by atoms with van der Waals surface area (Å²) in [5.74, 6) is 0.323. The predicted octanol–water partition coefficient (Wildman–Crippen LogP) is 2.39. The Hall–Kier alpha value is -0.570. The van der Waals surface area contributed by atoms with Gasteiger partial charge in [0.2, 0.25) is 0 Å². The number of methoxy groups -OCH3 is 1. The molecule has 0 N–H and O–H groups in total. The summed E-state index contributed by atoms with van der Waals surface area (Å²) in [4.78, 5) is 11.6. The molecule has 1 atom stereocenters. The van der Waals surface area contributed by atoms with Crippen molar-refractivity contribution in [3.8, 4) is 0 Å². The Bertz CT molecular complexity index is 185. The summed E-state index contributed by atoms with van der Waals surface area (Å²) >= 11 is 0. The van der Waals surface area contributed by atoms with Gasteiger partial charge in [-0.25, -0.2) is 0 Å². The van der Waals surface area contributed by atoms with Gasteiger partial charge in [-0.2, -0.15) is 0 Å². The second-order valence-electron chi connectivity index (χ2n) is 4.19. The molecule has 0 aromatic heterocycles. The molecule has 15 heavy (non-hydrogen) atoms. The number of rotatable bonds is 5. The zero-order chi connectivity index (χ0) is 11.1. The van der Waals surface area contributed by atoms with Crippen molar-refractivity contribution >= 4 is 5.97 Å². The van der Waals surface area contributed by atoms with Gasteiger partial charge in [-0.15, -0.1) is 0 Å². The van der Waals surface area contributed by atoms with Gasteiger partial charge in [0.05, 0.1) is 19.6 Å². The van der Waals surface area contributed by atoms with Crippen molar-refractivity contribution in [1.29, 1.82) is 0 Å². The number of carbonyl (C=O) groups is 1. The van der Waals surface area contributed by atoms with E-state index in [1.54, 1.807) is 0 Å². The third-order valence-electron chi connectivity index (χ3n) is 3.22. The van der Waals surface area contributed by atoms with Crippen LogP contribution in [0.3, 0.4) is 0 Å². The first-order valence-electron chi connectivity index (χ1n) is 5.95. The molecule has 1 aliphatic rings. The Morgan fingerprint density at radius 3 is 2.53 bits per heavy atom. The van der Waals surface area contributed by atoms with E-state index in [0.29, 0.717) is 19.1 Å². The van der Waals surface area contributed by atoms with Gasteiger partial charge in [0.25, 0.3) is 0 Å². The van der Waals surface area contributed by atoms with Gasteiger partial charge < -0.3 is 9.47 Å². The number of carbonyl (C=O) groups excluding carboxylic acids is 1. The zero-order valence-electron chi connectivity index (χ0n) is 9.83. The van der Waals surface area contributed by atoms with Crippen LogP contribution in [0.1, 0.15) is 39.0 Å². The summed E-state index contributed by atoms with van der Waals surface area (Å²) in [7, 11) is 1.46. The van der Waals surface area contributed by atoms with E-state index in [9.17, 15) is 4.79 Å². The minimum absolute atomic E-state index is 0.0461. The molecule has 0 saturated heterocycles. The van der Waals surface area contributed by atoms with Gasteiger partial charge >= 0.3 is 5.97 Å². The maximum absolute atomic E-state index is 11.6. The summed E-state index contributed by atoms with van der Waals surface area (Å²) in [6.07, 6.45) is 6.08. The summed E-state index contributed by atoms with van der Waals surface area (Å²) < 4.78 is 10.2. The highest BCUT2D eigenvalue weighted by molar-refractivity contribution is 5.72. The Morgan fingerprint density at radius 2 is 2.00 bits per heavy atom.